The summed E-state index contributed by atoms with van der Waals surface area (Å²) in [7, 11) is 1.60. The van der Waals surface area contributed by atoms with Crippen LogP contribution in [-0.4, -0.2) is 58.9 Å². The lowest BCUT2D eigenvalue weighted by atomic mass is 10.1. The van der Waals surface area contributed by atoms with E-state index >= 15 is 0 Å². The van der Waals surface area contributed by atoms with E-state index in [4.69, 9.17) is 4.74 Å². The van der Waals surface area contributed by atoms with Gasteiger partial charge in [-0.15, -0.1) is 0 Å². The number of hydrogen-bond donors (Lipinski definition) is 1. The molecule has 1 aromatic rings. The number of ether oxygens (including phenoxy) is 1. The Hall–Kier alpha value is -2.57. The third-order valence-corrected chi connectivity index (χ3v) is 4.92. The minimum atomic E-state index is -0.967. The summed E-state index contributed by atoms with van der Waals surface area (Å²) in [4.78, 5) is 39.3. The Morgan fingerprint density at radius 2 is 2.00 bits per heavy atom. The number of amides is 2. The lowest BCUT2D eigenvalue weighted by Crippen LogP contribution is -2.44. The molecule has 1 N–H and O–H groups in total. The number of carboxylic acids is 1. The van der Waals surface area contributed by atoms with Gasteiger partial charge in [0.25, 0.3) is 0 Å². The van der Waals surface area contributed by atoms with Gasteiger partial charge in [-0.25, -0.2) is 4.79 Å². The molecule has 7 heteroatoms. The first-order valence-corrected chi connectivity index (χ1v) is 8.43. The fourth-order valence-electron chi connectivity index (χ4n) is 3.56. The number of aliphatic carboxylic acids is 1. The predicted octanol–water partition coefficient (Wildman–Crippen LogP) is 1.12. The van der Waals surface area contributed by atoms with Gasteiger partial charge in [-0.05, 0) is 30.5 Å². The summed E-state index contributed by atoms with van der Waals surface area (Å²) in [6.45, 7) is 1.24. The molecule has 0 aromatic heterocycles. The van der Waals surface area contributed by atoms with E-state index < -0.39 is 17.9 Å². The molecule has 2 aliphatic heterocycles. The van der Waals surface area contributed by atoms with Crippen LogP contribution < -0.4 is 4.74 Å². The van der Waals surface area contributed by atoms with Crippen LogP contribution in [0.15, 0.2) is 24.3 Å². The maximum atomic E-state index is 12.7. The average molecular weight is 346 g/mol. The molecule has 0 unspecified atom stereocenters. The zero-order valence-corrected chi connectivity index (χ0v) is 14.2. The van der Waals surface area contributed by atoms with Crippen molar-refractivity contribution in [3.8, 4) is 5.75 Å². The Kier molecular flexibility index (Phi) is 4.92. The number of carbonyl (C=O) groups is 3. The Balaban J connectivity index is 1.63. The molecular formula is C18H22N2O5. The lowest BCUT2D eigenvalue weighted by molar-refractivity contribution is -0.149. The molecule has 0 bridgehead atoms. The molecule has 25 heavy (non-hydrogen) atoms. The summed E-state index contributed by atoms with van der Waals surface area (Å²) >= 11 is 0. The van der Waals surface area contributed by atoms with Crippen molar-refractivity contribution in [2.75, 3.05) is 20.2 Å². The summed E-state index contributed by atoms with van der Waals surface area (Å²) in [5.41, 5.74) is 0.965. The molecule has 2 fully saturated rings. The highest BCUT2D eigenvalue weighted by molar-refractivity contribution is 5.91. The van der Waals surface area contributed by atoms with E-state index in [9.17, 15) is 19.5 Å². The van der Waals surface area contributed by atoms with Crippen molar-refractivity contribution >= 4 is 17.8 Å². The zero-order chi connectivity index (χ0) is 18.0. The molecule has 7 nitrogen and oxygen atoms in total. The van der Waals surface area contributed by atoms with E-state index in [0.29, 0.717) is 32.5 Å². The number of carboxylic acid groups (broad SMARTS) is 1. The molecule has 134 valence electrons. The second-order valence-corrected chi connectivity index (χ2v) is 6.55. The van der Waals surface area contributed by atoms with Crippen molar-refractivity contribution in [3.05, 3.63) is 29.8 Å². The van der Waals surface area contributed by atoms with Crippen molar-refractivity contribution in [1.29, 1.82) is 0 Å². The Morgan fingerprint density at radius 1 is 1.28 bits per heavy atom. The van der Waals surface area contributed by atoms with Crippen LogP contribution >= 0.6 is 0 Å². The zero-order valence-electron chi connectivity index (χ0n) is 14.2. The van der Waals surface area contributed by atoms with Gasteiger partial charge in [0, 0.05) is 26.1 Å². The SMILES string of the molecule is COc1ccc(CN2C[C@@H](C(=O)N3CCC[C@@H]3C(=O)O)CC2=O)cc1. The minimum absolute atomic E-state index is 0.0692. The fraction of sp³-hybridized carbons (Fsp3) is 0.500. The standard InChI is InChI=1S/C18H22N2O5/c1-25-14-6-4-12(5-7-14)10-19-11-13(9-16(19)21)17(22)20-8-2-3-15(20)18(23)24/h4-7,13,15H,2-3,8-11H2,1H3,(H,23,24)/t13-,15+/m0/s1. The number of methoxy groups -OCH3 is 1. The van der Waals surface area contributed by atoms with Gasteiger partial charge in [0.2, 0.25) is 11.8 Å². The van der Waals surface area contributed by atoms with Crippen LogP contribution in [0.25, 0.3) is 0 Å². The van der Waals surface area contributed by atoms with E-state index in [-0.39, 0.29) is 18.2 Å². The molecule has 2 aliphatic rings. The highest BCUT2D eigenvalue weighted by Gasteiger charge is 2.41. The molecule has 2 saturated heterocycles. The van der Waals surface area contributed by atoms with Gasteiger partial charge in [-0.1, -0.05) is 12.1 Å². The number of rotatable bonds is 5. The lowest BCUT2D eigenvalue weighted by Gasteiger charge is -2.24. The van der Waals surface area contributed by atoms with E-state index in [1.54, 1.807) is 12.0 Å². The van der Waals surface area contributed by atoms with E-state index in [1.807, 2.05) is 24.3 Å². The second kappa shape index (κ2) is 7.13. The van der Waals surface area contributed by atoms with Gasteiger partial charge < -0.3 is 19.6 Å². The molecule has 1 aromatic carbocycles. The van der Waals surface area contributed by atoms with Crippen LogP contribution in [0.2, 0.25) is 0 Å². The quantitative estimate of drug-likeness (QED) is 0.863. The molecule has 0 spiro atoms. The van der Waals surface area contributed by atoms with Gasteiger partial charge in [0.15, 0.2) is 0 Å². The van der Waals surface area contributed by atoms with Gasteiger partial charge in [0.05, 0.1) is 13.0 Å². The summed E-state index contributed by atoms with van der Waals surface area (Å²) in [5, 5.41) is 9.24. The Morgan fingerprint density at radius 3 is 2.64 bits per heavy atom. The minimum Gasteiger partial charge on any atom is -0.497 e. The Labute approximate surface area is 146 Å². The number of likely N-dealkylation sites (tertiary alicyclic amines) is 2. The summed E-state index contributed by atoms with van der Waals surface area (Å²) in [6, 6.07) is 6.70. The predicted molar refractivity (Wildman–Crippen MR) is 88.9 cm³/mol. The molecule has 0 aliphatic carbocycles. The van der Waals surface area contributed by atoms with Crippen molar-refractivity contribution in [2.24, 2.45) is 5.92 Å². The third kappa shape index (κ3) is 3.60. The molecule has 0 saturated carbocycles. The first-order valence-electron chi connectivity index (χ1n) is 8.43. The summed E-state index contributed by atoms with van der Waals surface area (Å²) in [5.74, 6) is -0.954. The number of benzene rings is 1. The largest absolute Gasteiger partial charge is 0.497 e. The van der Waals surface area contributed by atoms with Crippen LogP contribution in [-0.2, 0) is 20.9 Å². The maximum Gasteiger partial charge on any atom is 0.326 e. The highest BCUT2D eigenvalue weighted by atomic mass is 16.5. The van der Waals surface area contributed by atoms with Crippen LogP contribution in [0.1, 0.15) is 24.8 Å². The van der Waals surface area contributed by atoms with Gasteiger partial charge in [-0.3, -0.25) is 9.59 Å². The second-order valence-electron chi connectivity index (χ2n) is 6.55. The van der Waals surface area contributed by atoms with Crippen molar-refractivity contribution in [2.45, 2.75) is 31.8 Å². The number of carbonyl (C=O) groups excluding carboxylic acids is 2. The van der Waals surface area contributed by atoms with E-state index in [1.165, 1.54) is 4.90 Å². The topological polar surface area (TPSA) is 87.2 Å². The highest BCUT2D eigenvalue weighted by Crippen LogP contribution is 2.26. The van der Waals surface area contributed by atoms with Crippen molar-refractivity contribution in [3.63, 3.8) is 0 Å². The number of hydrogen-bond acceptors (Lipinski definition) is 4. The first kappa shape index (κ1) is 17.3. The van der Waals surface area contributed by atoms with Crippen LogP contribution in [0.4, 0.5) is 0 Å². The van der Waals surface area contributed by atoms with Crippen LogP contribution in [0, 0.1) is 5.92 Å². The van der Waals surface area contributed by atoms with Crippen LogP contribution in [0.3, 0.4) is 0 Å². The van der Waals surface area contributed by atoms with E-state index in [2.05, 4.69) is 0 Å². The first-order chi connectivity index (χ1) is 12.0. The van der Waals surface area contributed by atoms with Crippen LogP contribution in [0.5, 0.6) is 5.75 Å². The monoisotopic (exact) mass is 346 g/mol. The summed E-state index contributed by atoms with van der Waals surface area (Å²) < 4.78 is 5.12. The van der Waals surface area contributed by atoms with Crippen molar-refractivity contribution < 1.29 is 24.2 Å². The Bertz CT molecular complexity index is 673. The number of nitrogens with zero attached hydrogens (tertiary/aromatic N) is 2. The fourth-order valence-corrected chi connectivity index (χ4v) is 3.56. The van der Waals surface area contributed by atoms with Gasteiger partial charge >= 0.3 is 5.97 Å². The average Bonchev–Trinajstić information content (AvgIpc) is 3.22. The molecule has 2 amide bonds. The van der Waals surface area contributed by atoms with Gasteiger partial charge in [-0.2, -0.15) is 0 Å². The molecule has 3 rings (SSSR count). The normalized spacial score (nSPS) is 23.2. The summed E-state index contributed by atoms with van der Waals surface area (Å²) in [6.07, 6.45) is 1.33. The molecule has 2 heterocycles. The van der Waals surface area contributed by atoms with Crippen molar-refractivity contribution in [1.82, 2.24) is 9.80 Å². The maximum absolute atomic E-state index is 12.7. The molecule has 2 atom stereocenters. The molecular weight excluding hydrogens is 324 g/mol. The smallest absolute Gasteiger partial charge is 0.326 e. The van der Waals surface area contributed by atoms with E-state index in [0.717, 1.165) is 11.3 Å². The third-order valence-electron chi connectivity index (χ3n) is 4.92. The van der Waals surface area contributed by atoms with Gasteiger partial charge in [0.1, 0.15) is 11.8 Å². The molecule has 0 radical (unpaired) electrons.